The van der Waals surface area contributed by atoms with Gasteiger partial charge in [0.1, 0.15) is 5.76 Å². The summed E-state index contributed by atoms with van der Waals surface area (Å²) in [6.45, 7) is 4.20. The molecule has 2 nitrogen and oxygen atoms in total. The molecule has 1 unspecified atom stereocenters. The van der Waals surface area contributed by atoms with Gasteiger partial charge in [-0.3, -0.25) is 0 Å². The van der Waals surface area contributed by atoms with Gasteiger partial charge in [-0.2, -0.15) is 0 Å². The van der Waals surface area contributed by atoms with Crippen LogP contribution >= 0.6 is 0 Å². The van der Waals surface area contributed by atoms with E-state index < -0.39 is 0 Å². The Hall–Kier alpha value is -0.760. The summed E-state index contributed by atoms with van der Waals surface area (Å²) in [5, 5.41) is 0. The summed E-state index contributed by atoms with van der Waals surface area (Å²) in [6, 6.07) is 2.14. The van der Waals surface area contributed by atoms with Crippen LogP contribution in [0.1, 0.15) is 56.4 Å². The number of rotatable bonds is 6. The van der Waals surface area contributed by atoms with Crippen molar-refractivity contribution in [2.45, 2.75) is 52.0 Å². The highest BCUT2D eigenvalue weighted by Gasteiger charge is 2.10. The second-order valence-corrected chi connectivity index (χ2v) is 3.89. The number of aryl methyl sites for hydroxylation is 1. The van der Waals surface area contributed by atoms with Crippen LogP contribution in [0, 0.1) is 6.92 Å². The fourth-order valence-corrected chi connectivity index (χ4v) is 1.73. The minimum atomic E-state index is 0.158. The van der Waals surface area contributed by atoms with Crippen molar-refractivity contribution in [2.24, 2.45) is 5.73 Å². The molecule has 2 N–H and O–H groups in total. The van der Waals surface area contributed by atoms with Gasteiger partial charge in [0.05, 0.1) is 6.26 Å². The van der Waals surface area contributed by atoms with Gasteiger partial charge in [0.2, 0.25) is 0 Å². The maximum absolute atomic E-state index is 6.06. The second kappa shape index (κ2) is 5.86. The molecule has 1 rings (SSSR count). The first-order valence-electron chi connectivity index (χ1n) is 5.55. The molecule has 1 aromatic rings. The Balaban J connectivity index is 2.28. The van der Waals surface area contributed by atoms with Crippen molar-refractivity contribution in [1.82, 2.24) is 0 Å². The molecule has 80 valence electrons. The Labute approximate surface area is 86.5 Å². The molecule has 0 fully saturated rings. The van der Waals surface area contributed by atoms with E-state index >= 15 is 0 Å². The molecule has 1 atom stereocenters. The van der Waals surface area contributed by atoms with Crippen molar-refractivity contribution < 1.29 is 4.42 Å². The molecule has 1 heterocycles. The van der Waals surface area contributed by atoms with Crippen LogP contribution in [0.15, 0.2) is 16.7 Å². The Morgan fingerprint density at radius 2 is 2.14 bits per heavy atom. The Morgan fingerprint density at radius 1 is 1.36 bits per heavy atom. The summed E-state index contributed by atoms with van der Waals surface area (Å²) in [6.07, 6.45) is 7.90. The summed E-state index contributed by atoms with van der Waals surface area (Å²) in [5.74, 6) is 0.966. The minimum Gasteiger partial charge on any atom is -0.469 e. The predicted molar refractivity (Wildman–Crippen MR) is 59.1 cm³/mol. The van der Waals surface area contributed by atoms with E-state index in [0.29, 0.717) is 0 Å². The van der Waals surface area contributed by atoms with Gasteiger partial charge < -0.3 is 10.2 Å². The highest BCUT2D eigenvalue weighted by atomic mass is 16.3. The molecule has 0 saturated heterocycles. The van der Waals surface area contributed by atoms with Crippen LogP contribution in [-0.2, 0) is 0 Å². The van der Waals surface area contributed by atoms with E-state index in [9.17, 15) is 0 Å². The van der Waals surface area contributed by atoms with E-state index in [1.165, 1.54) is 31.2 Å². The highest BCUT2D eigenvalue weighted by molar-refractivity contribution is 5.19. The average molecular weight is 195 g/mol. The second-order valence-electron chi connectivity index (χ2n) is 3.89. The highest BCUT2D eigenvalue weighted by Crippen LogP contribution is 2.21. The van der Waals surface area contributed by atoms with Crippen LogP contribution in [0.4, 0.5) is 0 Å². The lowest BCUT2D eigenvalue weighted by molar-refractivity contribution is 0.513. The smallest absolute Gasteiger partial charge is 0.105 e. The number of hydrogen-bond donors (Lipinski definition) is 1. The molecular weight excluding hydrogens is 174 g/mol. The van der Waals surface area contributed by atoms with Crippen molar-refractivity contribution >= 4 is 0 Å². The van der Waals surface area contributed by atoms with Crippen LogP contribution in [0.3, 0.4) is 0 Å². The predicted octanol–water partition coefficient (Wildman–Crippen LogP) is 3.56. The normalized spacial score (nSPS) is 13.1. The van der Waals surface area contributed by atoms with E-state index in [4.69, 9.17) is 10.2 Å². The van der Waals surface area contributed by atoms with E-state index in [0.717, 1.165) is 12.2 Å². The van der Waals surface area contributed by atoms with E-state index in [1.54, 1.807) is 6.26 Å². The summed E-state index contributed by atoms with van der Waals surface area (Å²) in [7, 11) is 0. The third kappa shape index (κ3) is 3.18. The molecule has 2 heteroatoms. The Kier molecular flexibility index (Phi) is 4.74. The third-order valence-corrected chi connectivity index (χ3v) is 2.67. The largest absolute Gasteiger partial charge is 0.469 e. The average Bonchev–Trinajstić information content (AvgIpc) is 2.59. The standard InChI is InChI=1S/C12H21NO/c1-3-4-5-6-7-12(13)11-8-9-14-10(11)2/h8-9,12H,3-7,13H2,1-2H3. The van der Waals surface area contributed by atoms with Gasteiger partial charge >= 0.3 is 0 Å². The fourth-order valence-electron chi connectivity index (χ4n) is 1.73. The van der Waals surface area contributed by atoms with Gasteiger partial charge in [0.25, 0.3) is 0 Å². The SMILES string of the molecule is CCCCCCC(N)c1ccoc1C. The zero-order chi connectivity index (χ0) is 10.4. The maximum Gasteiger partial charge on any atom is 0.105 e. The quantitative estimate of drug-likeness (QED) is 0.705. The zero-order valence-electron chi connectivity index (χ0n) is 9.25. The van der Waals surface area contributed by atoms with Crippen LogP contribution in [0.5, 0.6) is 0 Å². The number of hydrogen-bond acceptors (Lipinski definition) is 2. The van der Waals surface area contributed by atoms with E-state index in [2.05, 4.69) is 6.92 Å². The van der Waals surface area contributed by atoms with Crippen molar-refractivity contribution in [3.05, 3.63) is 23.7 Å². The molecule has 0 spiro atoms. The summed E-state index contributed by atoms with van der Waals surface area (Å²) < 4.78 is 5.23. The summed E-state index contributed by atoms with van der Waals surface area (Å²) in [4.78, 5) is 0. The van der Waals surface area contributed by atoms with Crippen LogP contribution in [-0.4, -0.2) is 0 Å². The first kappa shape index (κ1) is 11.3. The van der Waals surface area contributed by atoms with Crippen molar-refractivity contribution in [2.75, 3.05) is 0 Å². The summed E-state index contributed by atoms with van der Waals surface area (Å²) in [5.41, 5.74) is 7.23. The molecule has 0 amide bonds. The monoisotopic (exact) mass is 195 g/mol. The molecule has 0 aliphatic heterocycles. The topological polar surface area (TPSA) is 39.2 Å². The molecular formula is C12H21NO. The van der Waals surface area contributed by atoms with E-state index in [1.807, 2.05) is 13.0 Å². The minimum absolute atomic E-state index is 0.158. The molecule has 1 aromatic heterocycles. The molecule has 0 radical (unpaired) electrons. The van der Waals surface area contributed by atoms with Gasteiger partial charge in [-0.25, -0.2) is 0 Å². The fraction of sp³-hybridized carbons (Fsp3) is 0.667. The first-order chi connectivity index (χ1) is 6.75. The van der Waals surface area contributed by atoms with Crippen molar-refractivity contribution in [3.63, 3.8) is 0 Å². The number of unbranched alkanes of at least 4 members (excludes halogenated alkanes) is 3. The molecule has 0 bridgehead atoms. The first-order valence-corrected chi connectivity index (χ1v) is 5.55. The Morgan fingerprint density at radius 3 is 2.71 bits per heavy atom. The summed E-state index contributed by atoms with van der Waals surface area (Å²) >= 11 is 0. The van der Waals surface area contributed by atoms with Gasteiger partial charge in [0, 0.05) is 11.6 Å². The van der Waals surface area contributed by atoms with Gasteiger partial charge in [-0.15, -0.1) is 0 Å². The van der Waals surface area contributed by atoms with Crippen LogP contribution in [0.2, 0.25) is 0 Å². The molecule has 0 aliphatic carbocycles. The van der Waals surface area contributed by atoms with Gasteiger partial charge in [0.15, 0.2) is 0 Å². The van der Waals surface area contributed by atoms with E-state index in [-0.39, 0.29) is 6.04 Å². The Bertz CT molecular complexity index is 255. The molecule has 0 saturated carbocycles. The third-order valence-electron chi connectivity index (χ3n) is 2.67. The number of furan rings is 1. The van der Waals surface area contributed by atoms with Gasteiger partial charge in [-0.05, 0) is 19.4 Å². The molecule has 14 heavy (non-hydrogen) atoms. The lowest BCUT2D eigenvalue weighted by atomic mass is 10.0. The lowest BCUT2D eigenvalue weighted by Crippen LogP contribution is -2.10. The molecule has 0 aliphatic rings. The molecule has 0 aromatic carbocycles. The van der Waals surface area contributed by atoms with Crippen molar-refractivity contribution in [3.8, 4) is 0 Å². The zero-order valence-corrected chi connectivity index (χ0v) is 9.25. The van der Waals surface area contributed by atoms with Crippen molar-refractivity contribution in [1.29, 1.82) is 0 Å². The van der Waals surface area contributed by atoms with Crippen LogP contribution < -0.4 is 5.73 Å². The van der Waals surface area contributed by atoms with Crippen LogP contribution in [0.25, 0.3) is 0 Å². The lowest BCUT2D eigenvalue weighted by Gasteiger charge is -2.09. The number of nitrogens with two attached hydrogens (primary N) is 1. The van der Waals surface area contributed by atoms with Gasteiger partial charge in [-0.1, -0.05) is 32.6 Å². The maximum atomic E-state index is 6.06.